The van der Waals surface area contributed by atoms with Gasteiger partial charge in [0.15, 0.2) is 5.92 Å². The smallest absolute Gasteiger partial charge is 0.320 e. The summed E-state index contributed by atoms with van der Waals surface area (Å²) < 4.78 is 10.7. The van der Waals surface area contributed by atoms with Crippen LogP contribution in [-0.2, 0) is 19.1 Å². The summed E-state index contributed by atoms with van der Waals surface area (Å²) in [6.45, 7) is 7.27. The van der Waals surface area contributed by atoms with Crippen LogP contribution in [0.25, 0.3) is 0 Å². The molecule has 0 aromatic carbocycles. The third-order valence-corrected chi connectivity index (χ3v) is 5.63. The third-order valence-electron chi connectivity index (χ3n) is 5.63. The average Bonchev–Trinajstić information content (AvgIpc) is 2.74. The third kappa shape index (κ3) is 17.8. The van der Waals surface area contributed by atoms with Gasteiger partial charge in [0.25, 0.3) is 0 Å². The molecule has 0 amide bonds. The molecule has 0 aliphatic rings. The van der Waals surface area contributed by atoms with Crippen LogP contribution in [0.2, 0.25) is 0 Å². The maximum absolute atomic E-state index is 12.3. The Labute approximate surface area is 186 Å². The number of carbonyl (C=O) groups is 2. The van der Waals surface area contributed by atoms with Crippen molar-refractivity contribution in [3.05, 3.63) is 0 Å². The first-order valence-electron chi connectivity index (χ1n) is 13.0. The summed E-state index contributed by atoms with van der Waals surface area (Å²) >= 11 is 0. The quantitative estimate of drug-likeness (QED) is 0.101. The van der Waals surface area contributed by atoms with Gasteiger partial charge in [0.05, 0.1) is 13.2 Å². The molecule has 0 aromatic heterocycles. The summed E-state index contributed by atoms with van der Waals surface area (Å²) in [4.78, 5) is 24.6. The lowest BCUT2D eigenvalue weighted by Crippen LogP contribution is -2.28. The summed E-state index contributed by atoms with van der Waals surface area (Å²) in [6, 6.07) is 0. The fourth-order valence-corrected chi connectivity index (χ4v) is 3.64. The fourth-order valence-electron chi connectivity index (χ4n) is 3.64. The predicted molar refractivity (Wildman–Crippen MR) is 126 cm³/mol. The number of hydrogen-bond donors (Lipinski definition) is 0. The largest absolute Gasteiger partial charge is 0.465 e. The van der Waals surface area contributed by atoms with Gasteiger partial charge in [0, 0.05) is 0 Å². The van der Waals surface area contributed by atoms with Gasteiger partial charge >= 0.3 is 11.9 Å². The van der Waals surface area contributed by atoms with Crippen molar-refractivity contribution in [3.8, 4) is 0 Å². The minimum atomic E-state index is -0.752. The van der Waals surface area contributed by atoms with Gasteiger partial charge in [-0.1, -0.05) is 117 Å². The first-order chi connectivity index (χ1) is 14.7. The molecule has 0 aromatic rings. The highest BCUT2D eigenvalue weighted by Crippen LogP contribution is 2.14. The summed E-state index contributed by atoms with van der Waals surface area (Å²) in [6.07, 6.45) is 20.6. The molecule has 0 bridgehead atoms. The first-order valence-corrected chi connectivity index (χ1v) is 13.0. The Kier molecular flexibility index (Phi) is 21.8. The van der Waals surface area contributed by atoms with Crippen molar-refractivity contribution in [2.24, 2.45) is 5.92 Å². The number of unbranched alkanes of at least 4 members (excludes halogenated alkanes) is 14. The summed E-state index contributed by atoms with van der Waals surface area (Å²) in [5.41, 5.74) is 0. The lowest BCUT2D eigenvalue weighted by Gasteiger charge is -2.15. The molecule has 178 valence electrons. The number of esters is 2. The van der Waals surface area contributed by atoms with E-state index in [1.54, 1.807) is 0 Å². The van der Waals surface area contributed by atoms with E-state index >= 15 is 0 Å². The van der Waals surface area contributed by atoms with Crippen molar-refractivity contribution in [2.45, 2.75) is 136 Å². The molecule has 4 nitrogen and oxygen atoms in total. The Hall–Kier alpha value is -1.06. The first kappa shape index (κ1) is 28.9. The van der Waals surface area contributed by atoms with E-state index in [9.17, 15) is 9.59 Å². The van der Waals surface area contributed by atoms with Crippen LogP contribution >= 0.6 is 0 Å². The minimum Gasteiger partial charge on any atom is -0.465 e. The zero-order valence-corrected chi connectivity index (χ0v) is 20.4. The van der Waals surface area contributed by atoms with Crippen LogP contribution in [0.5, 0.6) is 0 Å². The van der Waals surface area contributed by atoms with E-state index in [0.29, 0.717) is 19.6 Å². The number of ether oxygens (including phenoxy) is 2. The van der Waals surface area contributed by atoms with E-state index in [0.717, 1.165) is 32.1 Å². The van der Waals surface area contributed by atoms with Crippen molar-refractivity contribution in [2.75, 3.05) is 13.2 Å². The molecule has 0 saturated heterocycles. The molecule has 0 fully saturated rings. The van der Waals surface area contributed by atoms with Crippen LogP contribution in [0.15, 0.2) is 0 Å². The van der Waals surface area contributed by atoms with Gasteiger partial charge in [-0.15, -0.1) is 0 Å². The molecule has 0 atom stereocenters. The summed E-state index contributed by atoms with van der Waals surface area (Å²) in [5.74, 6) is -1.56. The molecule has 4 heteroatoms. The molecular weight excluding hydrogens is 376 g/mol. The molecule has 0 saturated carbocycles. The zero-order valence-electron chi connectivity index (χ0n) is 20.4. The standard InChI is InChI=1S/C26H50O4/c1-4-7-9-11-13-15-17-19-22-29-25(27)24(21-6-3)26(28)30-23-20-18-16-14-12-10-8-5-2/h24H,4-23H2,1-3H3. The van der Waals surface area contributed by atoms with Crippen molar-refractivity contribution in [1.29, 1.82) is 0 Å². The molecular formula is C26H50O4. The molecule has 0 aliphatic carbocycles. The molecule has 0 N–H and O–H groups in total. The van der Waals surface area contributed by atoms with E-state index in [1.807, 2.05) is 6.92 Å². The van der Waals surface area contributed by atoms with Crippen molar-refractivity contribution >= 4 is 11.9 Å². The van der Waals surface area contributed by atoms with Gasteiger partial charge in [-0.3, -0.25) is 9.59 Å². The van der Waals surface area contributed by atoms with Crippen LogP contribution < -0.4 is 0 Å². The van der Waals surface area contributed by atoms with E-state index < -0.39 is 17.9 Å². The highest BCUT2D eigenvalue weighted by Gasteiger charge is 2.28. The number of carbonyl (C=O) groups excluding carboxylic acids is 2. The van der Waals surface area contributed by atoms with Gasteiger partial charge in [-0.25, -0.2) is 0 Å². The molecule has 0 radical (unpaired) electrons. The highest BCUT2D eigenvalue weighted by molar-refractivity contribution is 5.94. The van der Waals surface area contributed by atoms with Gasteiger partial charge < -0.3 is 9.47 Å². The van der Waals surface area contributed by atoms with Crippen LogP contribution in [0.4, 0.5) is 0 Å². The Morgan fingerprint density at radius 3 is 1.17 bits per heavy atom. The van der Waals surface area contributed by atoms with E-state index in [2.05, 4.69) is 13.8 Å². The molecule has 0 unspecified atom stereocenters. The van der Waals surface area contributed by atoms with E-state index in [-0.39, 0.29) is 0 Å². The Bertz CT molecular complexity index is 360. The molecule has 30 heavy (non-hydrogen) atoms. The average molecular weight is 427 g/mol. The topological polar surface area (TPSA) is 52.6 Å². The van der Waals surface area contributed by atoms with Crippen LogP contribution in [0.1, 0.15) is 136 Å². The van der Waals surface area contributed by atoms with Crippen molar-refractivity contribution < 1.29 is 19.1 Å². The lowest BCUT2D eigenvalue weighted by molar-refractivity contribution is -0.162. The maximum Gasteiger partial charge on any atom is 0.320 e. The normalized spacial score (nSPS) is 11.1. The van der Waals surface area contributed by atoms with E-state index in [4.69, 9.17) is 9.47 Å². The summed E-state index contributed by atoms with van der Waals surface area (Å²) in [7, 11) is 0. The van der Waals surface area contributed by atoms with Gasteiger partial charge in [-0.2, -0.15) is 0 Å². The van der Waals surface area contributed by atoms with Crippen LogP contribution in [0, 0.1) is 5.92 Å². The second-order valence-corrected chi connectivity index (χ2v) is 8.63. The number of rotatable bonds is 22. The van der Waals surface area contributed by atoms with E-state index in [1.165, 1.54) is 77.0 Å². The molecule has 0 spiro atoms. The maximum atomic E-state index is 12.3. The van der Waals surface area contributed by atoms with Crippen molar-refractivity contribution in [1.82, 2.24) is 0 Å². The van der Waals surface area contributed by atoms with Gasteiger partial charge in [0.1, 0.15) is 0 Å². The Balaban J connectivity index is 3.83. The number of hydrogen-bond acceptors (Lipinski definition) is 4. The van der Waals surface area contributed by atoms with Crippen molar-refractivity contribution in [3.63, 3.8) is 0 Å². The second-order valence-electron chi connectivity index (χ2n) is 8.63. The highest BCUT2D eigenvalue weighted by atomic mass is 16.6. The zero-order chi connectivity index (χ0) is 22.3. The monoisotopic (exact) mass is 426 g/mol. The Morgan fingerprint density at radius 1 is 0.500 bits per heavy atom. The Morgan fingerprint density at radius 2 is 0.833 bits per heavy atom. The predicted octanol–water partition coefficient (Wildman–Crippen LogP) is 7.77. The van der Waals surface area contributed by atoms with Crippen LogP contribution in [0.3, 0.4) is 0 Å². The lowest BCUT2D eigenvalue weighted by atomic mass is 10.0. The fraction of sp³-hybridized carbons (Fsp3) is 0.923. The van der Waals surface area contributed by atoms with Gasteiger partial charge in [-0.05, 0) is 19.3 Å². The molecule has 0 aliphatic heterocycles. The SMILES string of the molecule is CCCCCCCCCCOC(=O)C(CCC)C(=O)OCCCCCCCCCC. The summed E-state index contributed by atoms with van der Waals surface area (Å²) in [5, 5.41) is 0. The minimum absolute atomic E-state index is 0.402. The molecule has 0 rings (SSSR count). The van der Waals surface area contributed by atoms with Crippen LogP contribution in [-0.4, -0.2) is 25.2 Å². The second kappa shape index (κ2) is 22.6. The molecule has 0 heterocycles. The van der Waals surface area contributed by atoms with Gasteiger partial charge in [0.2, 0.25) is 0 Å².